The second-order valence-electron chi connectivity index (χ2n) is 3.75. The summed E-state index contributed by atoms with van der Waals surface area (Å²) in [5.41, 5.74) is 2.14. The average Bonchev–Trinajstić information content (AvgIpc) is 2.40. The molecule has 0 atom stereocenters. The predicted molar refractivity (Wildman–Crippen MR) is 71.1 cm³/mol. The highest BCUT2D eigenvalue weighted by atomic mass is 16.5. The van der Waals surface area contributed by atoms with Gasteiger partial charge in [-0.15, -0.1) is 0 Å². The second kappa shape index (κ2) is 5.30. The fraction of sp³-hybridized carbons (Fsp3) is 0.133. The minimum absolute atomic E-state index is 0.837. The van der Waals surface area contributed by atoms with Crippen LogP contribution in [0, 0.1) is 0 Å². The largest absolute Gasteiger partial charge is 0.457 e. The van der Waals surface area contributed by atoms with E-state index in [0.717, 1.165) is 22.8 Å². The molecular formula is C15H15NO. The van der Waals surface area contributed by atoms with Crippen molar-refractivity contribution in [2.24, 2.45) is 4.99 Å². The molecule has 2 nitrogen and oxygen atoms in total. The van der Waals surface area contributed by atoms with Crippen LogP contribution < -0.4 is 4.74 Å². The van der Waals surface area contributed by atoms with Crippen LogP contribution in [0.2, 0.25) is 0 Å². The number of para-hydroxylation sites is 1. The molecule has 0 saturated heterocycles. The first-order chi connectivity index (χ1) is 8.29. The average molecular weight is 225 g/mol. The number of aliphatic imine (C=N–C) groups is 1. The molecule has 0 heterocycles. The summed E-state index contributed by atoms with van der Waals surface area (Å²) in [5, 5.41) is 0. The van der Waals surface area contributed by atoms with Crippen LogP contribution >= 0.6 is 0 Å². The third-order valence-corrected chi connectivity index (χ3v) is 2.59. The molecule has 0 aliphatic rings. The summed E-state index contributed by atoms with van der Waals surface area (Å²) in [6, 6.07) is 17.7. The number of benzene rings is 2. The van der Waals surface area contributed by atoms with Gasteiger partial charge in [0, 0.05) is 12.8 Å². The van der Waals surface area contributed by atoms with Crippen LogP contribution in [0.5, 0.6) is 11.5 Å². The Bertz CT molecular complexity index is 500. The summed E-state index contributed by atoms with van der Waals surface area (Å²) in [4.78, 5) is 4.15. The van der Waals surface area contributed by atoms with E-state index in [1.807, 2.05) is 61.5 Å². The van der Waals surface area contributed by atoms with Gasteiger partial charge in [0.25, 0.3) is 0 Å². The van der Waals surface area contributed by atoms with Crippen molar-refractivity contribution in [3.05, 3.63) is 60.2 Å². The summed E-state index contributed by atoms with van der Waals surface area (Å²) in [6.45, 7) is 1.99. The lowest BCUT2D eigenvalue weighted by atomic mass is 10.1. The van der Waals surface area contributed by atoms with Gasteiger partial charge < -0.3 is 4.74 Å². The van der Waals surface area contributed by atoms with Gasteiger partial charge >= 0.3 is 0 Å². The standard InChI is InChI=1S/C15H15NO/c1-12(16-2)13-8-10-15(11-9-13)17-14-6-4-3-5-7-14/h3-11H,1-2H3. The highest BCUT2D eigenvalue weighted by Crippen LogP contribution is 2.21. The van der Waals surface area contributed by atoms with E-state index in [1.54, 1.807) is 7.05 Å². The SMILES string of the molecule is CN=C(C)c1ccc(Oc2ccccc2)cc1. The van der Waals surface area contributed by atoms with Crippen molar-refractivity contribution in [2.75, 3.05) is 7.05 Å². The van der Waals surface area contributed by atoms with Crippen LogP contribution in [0.25, 0.3) is 0 Å². The molecule has 0 fully saturated rings. The lowest BCUT2D eigenvalue weighted by Crippen LogP contribution is -1.93. The Morgan fingerprint density at radius 1 is 0.882 bits per heavy atom. The van der Waals surface area contributed by atoms with Crippen LogP contribution in [0.15, 0.2) is 59.6 Å². The fourth-order valence-electron chi connectivity index (χ4n) is 1.52. The van der Waals surface area contributed by atoms with Gasteiger partial charge in [-0.2, -0.15) is 0 Å². The molecular weight excluding hydrogens is 210 g/mol. The zero-order valence-electron chi connectivity index (χ0n) is 10.1. The van der Waals surface area contributed by atoms with E-state index in [9.17, 15) is 0 Å². The van der Waals surface area contributed by atoms with Gasteiger partial charge in [-0.1, -0.05) is 18.2 Å². The Kier molecular flexibility index (Phi) is 3.55. The Balaban J connectivity index is 2.14. The van der Waals surface area contributed by atoms with Crippen LogP contribution in [-0.2, 0) is 0 Å². The summed E-state index contributed by atoms with van der Waals surface area (Å²) in [5.74, 6) is 1.69. The monoisotopic (exact) mass is 225 g/mol. The summed E-state index contributed by atoms with van der Waals surface area (Å²) >= 11 is 0. The number of nitrogens with zero attached hydrogens (tertiary/aromatic N) is 1. The van der Waals surface area contributed by atoms with E-state index >= 15 is 0 Å². The second-order valence-corrected chi connectivity index (χ2v) is 3.75. The molecule has 2 rings (SSSR count). The Morgan fingerprint density at radius 3 is 2.06 bits per heavy atom. The normalized spacial score (nSPS) is 11.3. The molecule has 17 heavy (non-hydrogen) atoms. The topological polar surface area (TPSA) is 21.6 Å². The number of hydrogen-bond acceptors (Lipinski definition) is 2. The number of rotatable bonds is 3. The third kappa shape index (κ3) is 2.94. The molecule has 0 amide bonds. The first-order valence-corrected chi connectivity index (χ1v) is 5.56. The van der Waals surface area contributed by atoms with Crippen LogP contribution in [-0.4, -0.2) is 12.8 Å². The van der Waals surface area contributed by atoms with Crippen molar-refractivity contribution >= 4 is 5.71 Å². The van der Waals surface area contributed by atoms with E-state index in [4.69, 9.17) is 4.74 Å². The maximum absolute atomic E-state index is 5.71. The molecule has 0 bridgehead atoms. The number of ether oxygens (including phenoxy) is 1. The van der Waals surface area contributed by atoms with Crippen molar-refractivity contribution in [2.45, 2.75) is 6.92 Å². The first-order valence-electron chi connectivity index (χ1n) is 5.56. The van der Waals surface area contributed by atoms with Gasteiger partial charge in [-0.05, 0) is 48.9 Å². The fourth-order valence-corrected chi connectivity index (χ4v) is 1.52. The van der Waals surface area contributed by atoms with E-state index in [-0.39, 0.29) is 0 Å². The molecule has 0 unspecified atom stereocenters. The lowest BCUT2D eigenvalue weighted by Gasteiger charge is -2.06. The molecule has 0 saturated carbocycles. The Hall–Kier alpha value is -2.09. The maximum Gasteiger partial charge on any atom is 0.127 e. The molecule has 0 spiro atoms. The quantitative estimate of drug-likeness (QED) is 0.725. The van der Waals surface area contributed by atoms with Gasteiger partial charge in [0.1, 0.15) is 11.5 Å². The van der Waals surface area contributed by atoms with Gasteiger partial charge in [0.05, 0.1) is 0 Å². The molecule has 0 radical (unpaired) electrons. The highest BCUT2D eigenvalue weighted by molar-refractivity contribution is 5.98. The number of hydrogen-bond donors (Lipinski definition) is 0. The van der Waals surface area contributed by atoms with Crippen molar-refractivity contribution < 1.29 is 4.74 Å². The van der Waals surface area contributed by atoms with E-state index < -0.39 is 0 Å². The van der Waals surface area contributed by atoms with Gasteiger partial charge in [-0.25, -0.2) is 0 Å². The van der Waals surface area contributed by atoms with E-state index in [1.165, 1.54) is 0 Å². The van der Waals surface area contributed by atoms with Crippen LogP contribution in [0.3, 0.4) is 0 Å². The summed E-state index contributed by atoms with van der Waals surface area (Å²) < 4.78 is 5.71. The molecule has 0 aliphatic heterocycles. The molecule has 2 aromatic rings. The van der Waals surface area contributed by atoms with Crippen molar-refractivity contribution in [1.29, 1.82) is 0 Å². The molecule has 0 N–H and O–H groups in total. The molecule has 2 aromatic carbocycles. The lowest BCUT2D eigenvalue weighted by molar-refractivity contribution is 0.482. The van der Waals surface area contributed by atoms with Crippen molar-refractivity contribution in [3.63, 3.8) is 0 Å². The highest BCUT2D eigenvalue weighted by Gasteiger charge is 1.98. The third-order valence-electron chi connectivity index (χ3n) is 2.59. The van der Waals surface area contributed by atoms with E-state index in [0.29, 0.717) is 0 Å². The van der Waals surface area contributed by atoms with Crippen LogP contribution in [0.1, 0.15) is 12.5 Å². The van der Waals surface area contributed by atoms with E-state index in [2.05, 4.69) is 4.99 Å². The summed E-state index contributed by atoms with van der Waals surface area (Å²) in [6.07, 6.45) is 0. The smallest absolute Gasteiger partial charge is 0.127 e. The van der Waals surface area contributed by atoms with Gasteiger partial charge in [-0.3, -0.25) is 4.99 Å². The van der Waals surface area contributed by atoms with Crippen molar-refractivity contribution in [3.8, 4) is 11.5 Å². The molecule has 0 aromatic heterocycles. The molecule has 86 valence electrons. The summed E-state index contributed by atoms with van der Waals surface area (Å²) in [7, 11) is 1.80. The van der Waals surface area contributed by atoms with Gasteiger partial charge in [0.2, 0.25) is 0 Å². The predicted octanol–water partition coefficient (Wildman–Crippen LogP) is 3.92. The van der Waals surface area contributed by atoms with Crippen molar-refractivity contribution in [1.82, 2.24) is 0 Å². The zero-order valence-corrected chi connectivity index (χ0v) is 10.1. The Labute approximate surface area is 102 Å². The van der Waals surface area contributed by atoms with Crippen LogP contribution in [0.4, 0.5) is 0 Å². The first kappa shape index (κ1) is 11.4. The molecule has 2 heteroatoms. The zero-order chi connectivity index (χ0) is 12.1. The Morgan fingerprint density at radius 2 is 1.47 bits per heavy atom. The minimum Gasteiger partial charge on any atom is -0.457 e. The molecule has 0 aliphatic carbocycles. The minimum atomic E-state index is 0.837. The van der Waals surface area contributed by atoms with Gasteiger partial charge in [0.15, 0.2) is 0 Å². The maximum atomic E-state index is 5.71.